The molecule has 0 aromatic carbocycles. The second-order valence-electron chi connectivity index (χ2n) is 5.19. The molecule has 0 saturated heterocycles. The number of hydrogen-bond donors (Lipinski definition) is 1. The van der Waals surface area contributed by atoms with Crippen molar-refractivity contribution in [1.82, 2.24) is 10.1 Å². The molecule has 2 N–H and O–H groups in total. The highest BCUT2D eigenvalue weighted by Crippen LogP contribution is 2.26. The summed E-state index contributed by atoms with van der Waals surface area (Å²) >= 11 is 0. The Bertz CT molecular complexity index is 361. The van der Waals surface area contributed by atoms with Crippen LogP contribution in [0.25, 0.3) is 0 Å². The third-order valence-electron chi connectivity index (χ3n) is 3.99. The standard InChI is InChI=1S/C14H27N3O2/c1-5-11(9-10-15)7-8-12-16-13(17-19-12)14(3,6-2)18-4/h11H,5-10,15H2,1-4H3. The van der Waals surface area contributed by atoms with Crippen LogP contribution in [-0.2, 0) is 16.8 Å². The van der Waals surface area contributed by atoms with Crippen molar-refractivity contribution in [3.05, 3.63) is 11.7 Å². The summed E-state index contributed by atoms with van der Waals surface area (Å²) in [6.45, 7) is 6.96. The van der Waals surface area contributed by atoms with E-state index in [1.54, 1.807) is 7.11 Å². The number of ether oxygens (including phenoxy) is 1. The molecule has 5 heteroatoms. The second-order valence-corrected chi connectivity index (χ2v) is 5.19. The lowest BCUT2D eigenvalue weighted by atomic mass is 9.97. The fourth-order valence-corrected chi connectivity index (χ4v) is 2.08. The maximum atomic E-state index is 5.60. The van der Waals surface area contributed by atoms with Crippen molar-refractivity contribution >= 4 is 0 Å². The highest BCUT2D eigenvalue weighted by molar-refractivity contribution is 4.99. The Labute approximate surface area is 115 Å². The molecular weight excluding hydrogens is 242 g/mol. The van der Waals surface area contributed by atoms with Gasteiger partial charge in [0.2, 0.25) is 11.7 Å². The van der Waals surface area contributed by atoms with E-state index >= 15 is 0 Å². The number of aromatic nitrogens is 2. The van der Waals surface area contributed by atoms with E-state index < -0.39 is 5.60 Å². The molecule has 1 aromatic heterocycles. The normalized spacial score (nSPS) is 16.3. The molecule has 1 aromatic rings. The molecule has 0 spiro atoms. The van der Waals surface area contributed by atoms with E-state index in [0.29, 0.717) is 17.6 Å². The van der Waals surface area contributed by atoms with Crippen molar-refractivity contribution in [2.24, 2.45) is 11.7 Å². The van der Waals surface area contributed by atoms with Gasteiger partial charge >= 0.3 is 0 Å². The van der Waals surface area contributed by atoms with Crippen molar-refractivity contribution in [1.29, 1.82) is 0 Å². The van der Waals surface area contributed by atoms with E-state index in [2.05, 4.69) is 17.1 Å². The second kappa shape index (κ2) is 7.60. The van der Waals surface area contributed by atoms with Crippen molar-refractivity contribution in [2.45, 2.75) is 58.5 Å². The van der Waals surface area contributed by atoms with Crippen LogP contribution in [0, 0.1) is 5.92 Å². The molecule has 0 aliphatic rings. The molecule has 0 saturated carbocycles. The number of rotatable bonds is 9. The van der Waals surface area contributed by atoms with Gasteiger partial charge in [-0.25, -0.2) is 0 Å². The predicted octanol–water partition coefficient (Wildman–Crippen LogP) is 2.65. The molecule has 0 amide bonds. The summed E-state index contributed by atoms with van der Waals surface area (Å²) in [4.78, 5) is 4.46. The van der Waals surface area contributed by atoms with Crippen LogP contribution in [0.1, 0.15) is 58.2 Å². The molecule has 0 aliphatic heterocycles. The van der Waals surface area contributed by atoms with E-state index in [0.717, 1.165) is 38.6 Å². The minimum Gasteiger partial charge on any atom is -0.370 e. The summed E-state index contributed by atoms with van der Waals surface area (Å²) in [5.74, 6) is 1.97. The Morgan fingerprint density at radius 2 is 2.11 bits per heavy atom. The lowest BCUT2D eigenvalue weighted by Gasteiger charge is -2.21. The van der Waals surface area contributed by atoms with E-state index in [4.69, 9.17) is 15.0 Å². The van der Waals surface area contributed by atoms with E-state index in [1.165, 1.54) is 0 Å². The SMILES string of the molecule is CCC(CCN)CCc1nc(C(C)(CC)OC)no1. The molecule has 1 rings (SSSR count). The maximum absolute atomic E-state index is 5.60. The van der Waals surface area contributed by atoms with Gasteiger partial charge in [0, 0.05) is 13.5 Å². The van der Waals surface area contributed by atoms with Gasteiger partial charge in [-0.3, -0.25) is 0 Å². The average Bonchev–Trinajstić information content (AvgIpc) is 2.92. The third kappa shape index (κ3) is 4.28. The first-order valence-electron chi connectivity index (χ1n) is 7.17. The summed E-state index contributed by atoms with van der Waals surface area (Å²) in [6, 6.07) is 0. The van der Waals surface area contributed by atoms with Crippen LogP contribution in [0.2, 0.25) is 0 Å². The van der Waals surface area contributed by atoms with Crippen LogP contribution < -0.4 is 5.73 Å². The molecule has 110 valence electrons. The van der Waals surface area contributed by atoms with Crippen molar-refractivity contribution < 1.29 is 9.26 Å². The van der Waals surface area contributed by atoms with Gasteiger partial charge < -0.3 is 15.0 Å². The molecule has 0 aliphatic carbocycles. The van der Waals surface area contributed by atoms with Gasteiger partial charge in [0.25, 0.3) is 0 Å². The molecule has 0 bridgehead atoms. The Kier molecular flexibility index (Phi) is 6.45. The minimum atomic E-state index is -0.455. The number of aryl methyl sites for hydroxylation is 1. The van der Waals surface area contributed by atoms with Crippen LogP contribution in [-0.4, -0.2) is 23.8 Å². The molecule has 0 radical (unpaired) electrons. The monoisotopic (exact) mass is 269 g/mol. The zero-order chi connectivity index (χ0) is 14.3. The minimum absolute atomic E-state index is 0.455. The Hall–Kier alpha value is -0.940. The summed E-state index contributed by atoms with van der Waals surface area (Å²) in [5, 5.41) is 4.04. The van der Waals surface area contributed by atoms with Crippen LogP contribution in [0.4, 0.5) is 0 Å². The van der Waals surface area contributed by atoms with Gasteiger partial charge in [-0.2, -0.15) is 4.98 Å². The van der Waals surface area contributed by atoms with Crippen molar-refractivity contribution in [3.63, 3.8) is 0 Å². The van der Waals surface area contributed by atoms with Crippen LogP contribution in [0.15, 0.2) is 4.52 Å². The smallest absolute Gasteiger partial charge is 0.226 e. The van der Waals surface area contributed by atoms with Crippen molar-refractivity contribution in [3.8, 4) is 0 Å². The van der Waals surface area contributed by atoms with Crippen molar-refractivity contribution in [2.75, 3.05) is 13.7 Å². The summed E-state index contributed by atoms with van der Waals surface area (Å²) < 4.78 is 10.8. The first-order chi connectivity index (χ1) is 9.09. The summed E-state index contributed by atoms with van der Waals surface area (Å²) in [7, 11) is 1.67. The zero-order valence-electron chi connectivity index (χ0n) is 12.6. The quantitative estimate of drug-likeness (QED) is 0.746. The van der Waals surface area contributed by atoms with Gasteiger partial charge in [-0.05, 0) is 38.6 Å². The zero-order valence-corrected chi connectivity index (χ0v) is 12.6. The topological polar surface area (TPSA) is 74.2 Å². The maximum Gasteiger partial charge on any atom is 0.226 e. The van der Waals surface area contributed by atoms with Crippen LogP contribution in [0.5, 0.6) is 0 Å². The predicted molar refractivity (Wildman–Crippen MR) is 74.7 cm³/mol. The fourth-order valence-electron chi connectivity index (χ4n) is 2.08. The lowest BCUT2D eigenvalue weighted by molar-refractivity contribution is -0.0106. The molecule has 1 heterocycles. The number of nitrogens with two attached hydrogens (primary N) is 1. The fraction of sp³-hybridized carbons (Fsp3) is 0.857. The lowest BCUT2D eigenvalue weighted by Crippen LogP contribution is -2.24. The van der Waals surface area contributed by atoms with Gasteiger partial charge in [0.05, 0.1) is 0 Å². The molecule has 2 atom stereocenters. The average molecular weight is 269 g/mol. The molecule has 0 fully saturated rings. The summed E-state index contributed by atoms with van der Waals surface area (Å²) in [5.41, 5.74) is 5.15. The molecule has 2 unspecified atom stereocenters. The molecule has 19 heavy (non-hydrogen) atoms. The Balaban J connectivity index is 2.60. The highest BCUT2D eigenvalue weighted by atomic mass is 16.5. The Morgan fingerprint density at radius 3 is 2.63 bits per heavy atom. The summed E-state index contributed by atoms with van der Waals surface area (Å²) in [6.07, 6.45) is 4.87. The van der Waals surface area contributed by atoms with Gasteiger partial charge in [0.1, 0.15) is 5.60 Å². The highest BCUT2D eigenvalue weighted by Gasteiger charge is 2.29. The van der Waals surface area contributed by atoms with Gasteiger partial charge in [-0.1, -0.05) is 25.4 Å². The Morgan fingerprint density at radius 1 is 1.37 bits per heavy atom. The number of methoxy groups -OCH3 is 1. The van der Waals surface area contributed by atoms with Crippen LogP contribution in [0.3, 0.4) is 0 Å². The largest absolute Gasteiger partial charge is 0.370 e. The first kappa shape index (κ1) is 16.1. The van der Waals surface area contributed by atoms with E-state index in [1.807, 2.05) is 13.8 Å². The number of hydrogen-bond acceptors (Lipinski definition) is 5. The third-order valence-corrected chi connectivity index (χ3v) is 3.99. The van der Waals surface area contributed by atoms with E-state index in [9.17, 15) is 0 Å². The van der Waals surface area contributed by atoms with Gasteiger partial charge in [0.15, 0.2) is 0 Å². The van der Waals surface area contributed by atoms with Crippen LogP contribution >= 0.6 is 0 Å². The molecule has 5 nitrogen and oxygen atoms in total. The van der Waals surface area contributed by atoms with Gasteiger partial charge in [-0.15, -0.1) is 0 Å². The van der Waals surface area contributed by atoms with E-state index in [-0.39, 0.29) is 0 Å². The first-order valence-corrected chi connectivity index (χ1v) is 7.17. The number of nitrogens with zero attached hydrogens (tertiary/aromatic N) is 2. The molecular formula is C14H27N3O2.